The summed E-state index contributed by atoms with van der Waals surface area (Å²) in [6.07, 6.45) is 0. The van der Waals surface area contributed by atoms with Gasteiger partial charge in [0.15, 0.2) is 11.6 Å². The molecule has 6 heteroatoms. The Hall–Kier alpha value is -2.34. The highest BCUT2D eigenvalue weighted by Gasteiger charge is 2.09. The van der Waals surface area contributed by atoms with Crippen molar-refractivity contribution in [2.45, 2.75) is 6.54 Å². The molecule has 0 saturated heterocycles. The van der Waals surface area contributed by atoms with Gasteiger partial charge in [0.05, 0.1) is 6.54 Å². The van der Waals surface area contributed by atoms with Gasteiger partial charge in [0.1, 0.15) is 5.82 Å². The van der Waals surface area contributed by atoms with Gasteiger partial charge in [-0.3, -0.25) is 9.69 Å². The van der Waals surface area contributed by atoms with Crippen molar-refractivity contribution in [1.29, 1.82) is 0 Å². The van der Waals surface area contributed by atoms with Crippen LogP contribution < -0.4 is 5.32 Å². The smallest absolute Gasteiger partial charge is 0.238 e. The molecule has 0 bridgehead atoms. The fourth-order valence-corrected chi connectivity index (χ4v) is 2.02. The number of benzene rings is 2. The minimum Gasteiger partial charge on any atom is -0.325 e. The standard InChI is InChI=1S/C16H15F3N2O/c1-21(9-11-3-2-4-12(17)7-11)10-16(22)20-13-5-6-14(18)15(19)8-13/h2-8H,9-10H2,1H3,(H,20,22). The van der Waals surface area contributed by atoms with E-state index in [0.717, 1.165) is 17.7 Å². The highest BCUT2D eigenvalue weighted by atomic mass is 19.2. The summed E-state index contributed by atoms with van der Waals surface area (Å²) in [5.41, 5.74) is 0.922. The zero-order valence-corrected chi connectivity index (χ0v) is 11.9. The van der Waals surface area contributed by atoms with Crippen LogP contribution in [0.5, 0.6) is 0 Å². The molecule has 0 heterocycles. The van der Waals surface area contributed by atoms with Gasteiger partial charge >= 0.3 is 0 Å². The maximum atomic E-state index is 13.1. The molecule has 1 amide bonds. The Balaban J connectivity index is 1.89. The molecule has 0 aliphatic carbocycles. The van der Waals surface area contributed by atoms with E-state index in [1.165, 1.54) is 18.2 Å². The molecule has 0 aliphatic rings. The predicted molar refractivity (Wildman–Crippen MR) is 77.7 cm³/mol. The van der Waals surface area contributed by atoms with E-state index in [9.17, 15) is 18.0 Å². The Labute approximate surface area is 126 Å². The number of hydrogen-bond acceptors (Lipinski definition) is 2. The molecule has 0 aromatic heterocycles. The first-order valence-electron chi connectivity index (χ1n) is 6.62. The van der Waals surface area contributed by atoms with Crippen LogP contribution in [-0.2, 0) is 11.3 Å². The summed E-state index contributed by atoms with van der Waals surface area (Å²) in [5, 5.41) is 2.48. The van der Waals surface area contributed by atoms with Crippen LogP contribution in [0.4, 0.5) is 18.9 Å². The molecule has 0 saturated carbocycles. The molecule has 2 rings (SSSR count). The first-order valence-corrected chi connectivity index (χ1v) is 6.62. The molecule has 0 unspecified atom stereocenters. The Morgan fingerprint density at radius 2 is 1.86 bits per heavy atom. The molecule has 0 spiro atoms. The normalized spacial score (nSPS) is 10.8. The summed E-state index contributed by atoms with van der Waals surface area (Å²) >= 11 is 0. The minimum absolute atomic E-state index is 0.0372. The van der Waals surface area contributed by atoms with E-state index >= 15 is 0 Å². The fourth-order valence-electron chi connectivity index (χ4n) is 2.02. The van der Waals surface area contributed by atoms with E-state index < -0.39 is 11.6 Å². The van der Waals surface area contributed by atoms with E-state index in [1.807, 2.05) is 0 Å². The highest BCUT2D eigenvalue weighted by molar-refractivity contribution is 5.92. The fraction of sp³-hybridized carbons (Fsp3) is 0.188. The largest absolute Gasteiger partial charge is 0.325 e. The second kappa shape index (κ2) is 7.09. The number of hydrogen-bond donors (Lipinski definition) is 1. The Kier molecular flexibility index (Phi) is 5.16. The van der Waals surface area contributed by atoms with Gasteiger partial charge in [-0.25, -0.2) is 13.2 Å². The van der Waals surface area contributed by atoms with Crippen LogP contribution in [0.1, 0.15) is 5.56 Å². The van der Waals surface area contributed by atoms with Crippen LogP contribution in [-0.4, -0.2) is 24.4 Å². The van der Waals surface area contributed by atoms with E-state index in [1.54, 1.807) is 24.1 Å². The third-order valence-electron chi connectivity index (χ3n) is 2.96. The average Bonchev–Trinajstić information content (AvgIpc) is 2.42. The van der Waals surface area contributed by atoms with Gasteiger partial charge in [0.25, 0.3) is 0 Å². The quantitative estimate of drug-likeness (QED) is 0.920. The maximum absolute atomic E-state index is 13.1. The predicted octanol–water partition coefficient (Wildman–Crippen LogP) is 3.17. The zero-order valence-electron chi connectivity index (χ0n) is 11.9. The molecule has 3 nitrogen and oxygen atoms in total. The molecule has 22 heavy (non-hydrogen) atoms. The SMILES string of the molecule is CN(CC(=O)Nc1ccc(F)c(F)c1)Cc1cccc(F)c1. The number of carbonyl (C=O) groups excluding carboxylic acids is 1. The molecular weight excluding hydrogens is 293 g/mol. The monoisotopic (exact) mass is 308 g/mol. The number of nitrogens with zero attached hydrogens (tertiary/aromatic N) is 1. The highest BCUT2D eigenvalue weighted by Crippen LogP contribution is 2.13. The second-order valence-electron chi connectivity index (χ2n) is 4.98. The summed E-state index contributed by atoms with van der Waals surface area (Å²) < 4.78 is 38.9. The summed E-state index contributed by atoms with van der Waals surface area (Å²) in [6.45, 7) is 0.429. The molecule has 1 N–H and O–H groups in total. The van der Waals surface area contributed by atoms with Crippen molar-refractivity contribution in [2.24, 2.45) is 0 Å². The molecule has 0 fully saturated rings. The number of nitrogens with one attached hydrogen (secondary N) is 1. The molecule has 2 aromatic carbocycles. The van der Waals surface area contributed by atoms with Crippen LogP contribution in [0.3, 0.4) is 0 Å². The number of anilines is 1. The Morgan fingerprint density at radius 1 is 1.09 bits per heavy atom. The van der Waals surface area contributed by atoms with Crippen LogP contribution in [0.2, 0.25) is 0 Å². The minimum atomic E-state index is -1.02. The van der Waals surface area contributed by atoms with Gasteiger partial charge in [0, 0.05) is 18.3 Å². The molecule has 0 radical (unpaired) electrons. The van der Waals surface area contributed by atoms with Crippen molar-refractivity contribution in [1.82, 2.24) is 4.90 Å². The summed E-state index contributed by atoms with van der Waals surface area (Å²) in [4.78, 5) is 13.5. The second-order valence-corrected chi connectivity index (χ2v) is 4.98. The molecule has 0 aliphatic heterocycles. The van der Waals surface area contributed by atoms with Crippen molar-refractivity contribution in [3.63, 3.8) is 0 Å². The maximum Gasteiger partial charge on any atom is 0.238 e. The third-order valence-corrected chi connectivity index (χ3v) is 2.96. The van der Waals surface area contributed by atoms with Crippen LogP contribution in [0.15, 0.2) is 42.5 Å². The van der Waals surface area contributed by atoms with Crippen molar-refractivity contribution >= 4 is 11.6 Å². The van der Waals surface area contributed by atoms with Crippen molar-refractivity contribution in [3.05, 3.63) is 65.5 Å². The summed E-state index contributed by atoms with van der Waals surface area (Å²) in [7, 11) is 1.70. The van der Waals surface area contributed by atoms with Crippen molar-refractivity contribution in [3.8, 4) is 0 Å². The number of likely N-dealkylation sites (N-methyl/N-ethyl adjacent to an activating group) is 1. The first-order chi connectivity index (χ1) is 10.4. The topological polar surface area (TPSA) is 32.3 Å². The summed E-state index contributed by atoms with van der Waals surface area (Å²) in [5.74, 6) is -2.70. The lowest BCUT2D eigenvalue weighted by Gasteiger charge is -2.16. The van der Waals surface area contributed by atoms with Crippen LogP contribution in [0.25, 0.3) is 0 Å². The van der Waals surface area contributed by atoms with Crippen LogP contribution in [0, 0.1) is 17.5 Å². The summed E-state index contributed by atoms with van der Waals surface area (Å²) in [6, 6.07) is 9.24. The van der Waals surface area contributed by atoms with E-state index in [0.29, 0.717) is 6.54 Å². The van der Waals surface area contributed by atoms with E-state index in [2.05, 4.69) is 5.32 Å². The lowest BCUT2D eigenvalue weighted by molar-refractivity contribution is -0.117. The molecular formula is C16H15F3N2O. The lowest BCUT2D eigenvalue weighted by atomic mass is 10.2. The van der Waals surface area contributed by atoms with Gasteiger partial charge in [-0.15, -0.1) is 0 Å². The molecule has 2 aromatic rings. The van der Waals surface area contributed by atoms with Gasteiger partial charge in [0.2, 0.25) is 5.91 Å². The third kappa shape index (κ3) is 4.60. The van der Waals surface area contributed by atoms with Gasteiger partial charge in [-0.1, -0.05) is 12.1 Å². The van der Waals surface area contributed by atoms with Gasteiger partial charge in [-0.05, 0) is 36.9 Å². The average molecular weight is 308 g/mol. The van der Waals surface area contributed by atoms with Gasteiger partial charge in [-0.2, -0.15) is 0 Å². The van der Waals surface area contributed by atoms with Gasteiger partial charge < -0.3 is 5.32 Å². The van der Waals surface area contributed by atoms with Crippen molar-refractivity contribution < 1.29 is 18.0 Å². The zero-order chi connectivity index (χ0) is 16.1. The number of halogens is 3. The Bertz CT molecular complexity index is 676. The van der Waals surface area contributed by atoms with Crippen molar-refractivity contribution in [2.75, 3.05) is 18.9 Å². The number of amides is 1. The van der Waals surface area contributed by atoms with Crippen LogP contribution >= 0.6 is 0 Å². The lowest BCUT2D eigenvalue weighted by Crippen LogP contribution is -2.29. The molecule has 116 valence electrons. The number of rotatable bonds is 5. The Morgan fingerprint density at radius 3 is 2.55 bits per heavy atom. The van der Waals surface area contributed by atoms with E-state index in [4.69, 9.17) is 0 Å². The van der Waals surface area contributed by atoms with E-state index in [-0.39, 0.29) is 24.0 Å². The molecule has 0 atom stereocenters. The first kappa shape index (κ1) is 16.0. The number of carbonyl (C=O) groups is 1.